The molecule has 0 saturated carbocycles. The first kappa shape index (κ1) is 20.2. The van der Waals surface area contributed by atoms with E-state index >= 15 is 0 Å². The molecular formula is C19H20F3N4OS+. The summed E-state index contributed by atoms with van der Waals surface area (Å²) in [5, 5.41) is 14.1. The number of hydrogen-bond donors (Lipinski definition) is 2. The number of benzene rings is 1. The second kappa shape index (κ2) is 8.20. The number of nitrogens with zero attached hydrogens (tertiary/aromatic N) is 2. The van der Waals surface area contributed by atoms with Gasteiger partial charge in [-0.2, -0.15) is 18.4 Å². The number of thiophene rings is 1. The number of anilines is 2. The Bertz CT molecular complexity index is 882. The van der Waals surface area contributed by atoms with Gasteiger partial charge in [-0.1, -0.05) is 6.07 Å². The van der Waals surface area contributed by atoms with Crippen molar-refractivity contribution in [2.75, 3.05) is 36.4 Å². The van der Waals surface area contributed by atoms with Gasteiger partial charge < -0.3 is 15.1 Å². The van der Waals surface area contributed by atoms with E-state index in [1.807, 2.05) is 17.9 Å². The topological polar surface area (TPSA) is 60.6 Å². The summed E-state index contributed by atoms with van der Waals surface area (Å²) in [5.74, 6) is -0.165. The van der Waals surface area contributed by atoms with Crippen molar-refractivity contribution in [3.8, 4) is 6.07 Å². The number of halogens is 3. The van der Waals surface area contributed by atoms with Crippen molar-refractivity contribution in [2.24, 2.45) is 0 Å². The second-order valence-electron chi connectivity index (χ2n) is 6.68. The summed E-state index contributed by atoms with van der Waals surface area (Å²) in [6, 6.07) is 8.71. The molecule has 1 fully saturated rings. The van der Waals surface area contributed by atoms with Crippen molar-refractivity contribution in [3.05, 3.63) is 46.8 Å². The third kappa shape index (κ3) is 4.46. The second-order valence-corrected chi connectivity index (χ2v) is 7.60. The number of piperazine rings is 1. The van der Waals surface area contributed by atoms with Crippen LogP contribution in [0.15, 0.2) is 35.7 Å². The van der Waals surface area contributed by atoms with Crippen molar-refractivity contribution < 1.29 is 22.9 Å². The number of carbonyl (C=O) groups is 1. The van der Waals surface area contributed by atoms with Crippen LogP contribution in [-0.2, 0) is 11.0 Å². The monoisotopic (exact) mass is 409 g/mol. The molecule has 1 aromatic heterocycles. The Hall–Kier alpha value is -2.57. The largest absolute Gasteiger partial charge is 0.416 e. The number of amides is 1. The van der Waals surface area contributed by atoms with Crippen LogP contribution in [0.1, 0.15) is 18.1 Å². The highest BCUT2D eigenvalue weighted by Crippen LogP contribution is 2.31. The van der Waals surface area contributed by atoms with E-state index < -0.39 is 11.7 Å². The summed E-state index contributed by atoms with van der Waals surface area (Å²) in [7, 11) is 0. The number of quaternary nitrogens is 1. The quantitative estimate of drug-likeness (QED) is 0.815. The van der Waals surface area contributed by atoms with Crippen LogP contribution in [-0.4, -0.2) is 38.1 Å². The molecule has 1 aliphatic heterocycles. The van der Waals surface area contributed by atoms with Gasteiger partial charge in [0.2, 0.25) is 0 Å². The number of rotatable bonds is 4. The molecule has 1 atom stereocenters. The SMILES string of the molecule is C[C@@H](C(=O)Nc1sccc1C#N)[NH+]1CCN(c2cccc(C(F)(F)F)c2)CC1. The number of nitrogens with one attached hydrogen (secondary N) is 2. The van der Waals surface area contributed by atoms with Crippen molar-refractivity contribution in [1.82, 2.24) is 0 Å². The first-order valence-electron chi connectivity index (χ1n) is 8.85. The fourth-order valence-electron chi connectivity index (χ4n) is 3.26. The van der Waals surface area contributed by atoms with Crippen molar-refractivity contribution >= 4 is 27.9 Å². The molecule has 2 N–H and O–H groups in total. The van der Waals surface area contributed by atoms with Gasteiger partial charge in [0, 0.05) is 5.69 Å². The summed E-state index contributed by atoms with van der Waals surface area (Å²) in [5.41, 5.74) is 0.329. The van der Waals surface area contributed by atoms with Crippen LogP contribution >= 0.6 is 11.3 Å². The van der Waals surface area contributed by atoms with E-state index in [0.717, 1.165) is 11.0 Å². The van der Waals surface area contributed by atoms with Crippen LogP contribution in [0.5, 0.6) is 0 Å². The van der Waals surface area contributed by atoms with E-state index in [9.17, 15) is 18.0 Å². The summed E-state index contributed by atoms with van der Waals surface area (Å²) in [6.45, 7) is 4.23. The third-order valence-electron chi connectivity index (χ3n) is 4.97. The zero-order valence-electron chi connectivity index (χ0n) is 15.2. The number of nitriles is 1. The lowest BCUT2D eigenvalue weighted by Gasteiger charge is -2.36. The highest BCUT2D eigenvalue weighted by atomic mass is 32.1. The van der Waals surface area contributed by atoms with Crippen molar-refractivity contribution in [1.29, 1.82) is 5.26 Å². The summed E-state index contributed by atoms with van der Waals surface area (Å²) < 4.78 is 38.7. The zero-order valence-corrected chi connectivity index (χ0v) is 16.0. The predicted molar refractivity (Wildman–Crippen MR) is 101 cm³/mol. The average molecular weight is 409 g/mol. The molecule has 5 nitrogen and oxygen atoms in total. The van der Waals surface area contributed by atoms with Gasteiger partial charge in [0.05, 0.1) is 37.3 Å². The normalized spacial score (nSPS) is 16.5. The summed E-state index contributed by atoms with van der Waals surface area (Å²) in [6.07, 6.45) is -4.36. The fourth-order valence-corrected chi connectivity index (χ4v) is 4.00. The van der Waals surface area contributed by atoms with Crippen LogP contribution < -0.4 is 15.1 Å². The standard InChI is InChI=1S/C19H19F3N4OS/c1-13(17(27)24-18-14(12-23)5-10-28-18)25-6-8-26(9-7-25)16-4-2-3-15(11-16)19(20,21)22/h2-5,10-11,13H,6-9H2,1H3,(H,24,27)/p+1/t13-/m0/s1. The van der Waals surface area contributed by atoms with Crippen LogP contribution in [0.2, 0.25) is 0 Å². The van der Waals surface area contributed by atoms with Crippen LogP contribution in [0, 0.1) is 11.3 Å². The van der Waals surface area contributed by atoms with Crippen LogP contribution in [0.25, 0.3) is 0 Å². The maximum atomic E-state index is 12.9. The molecule has 3 rings (SSSR count). The van der Waals surface area contributed by atoms with E-state index in [2.05, 4.69) is 5.32 Å². The maximum Gasteiger partial charge on any atom is 0.416 e. The molecule has 1 aliphatic rings. The molecule has 0 bridgehead atoms. The molecule has 9 heteroatoms. The van der Waals surface area contributed by atoms with E-state index in [0.29, 0.717) is 42.4 Å². The molecular weight excluding hydrogens is 389 g/mol. The Morgan fingerprint density at radius 2 is 2.04 bits per heavy atom. The van der Waals surface area contributed by atoms with Crippen molar-refractivity contribution in [2.45, 2.75) is 19.1 Å². The summed E-state index contributed by atoms with van der Waals surface area (Å²) in [4.78, 5) is 15.5. The highest BCUT2D eigenvalue weighted by molar-refractivity contribution is 7.14. The highest BCUT2D eigenvalue weighted by Gasteiger charge is 2.33. The minimum atomic E-state index is -4.36. The molecule has 148 valence electrons. The van der Waals surface area contributed by atoms with Gasteiger partial charge in [-0.05, 0) is 36.6 Å². The number of alkyl halides is 3. The molecule has 2 aromatic rings. The lowest BCUT2D eigenvalue weighted by Crippen LogP contribution is -3.19. The van der Waals surface area contributed by atoms with Gasteiger partial charge in [-0.3, -0.25) is 4.79 Å². The van der Waals surface area contributed by atoms with Gasteiger partial charge in [-0.15, -0.1) is 11.3 Å². The van der Waals surface area contributed by atoms with Gasteiger partial charge in [-0.25, -0.2) is 0 Å². The first-order chi connectivity index (χ1) is 13.3. The Kier molecular flexibility index (Phi) is 5.91. The Morgan fingerprint density at radius 1 is 1.32 bits per heavy atom. The van der Waals surface area contributed by atoms with E-state index in [4.69, 9.17) is 5.26 Å². The fraction of sp³-hybridized carbons (Fsp3) is 0.368. The third-order valence-corrected chi connectivity index (χ3v) is 5.80. The molecule has 2 heterocycles. The zero-order chi connectivity index (χ0) is 20.3. The molecule has 1 aromatic carbocycles. The average Bonchev–Trinajstić information content (AvgIpc) is 3.14. The van der Waals surface area contributed by atoms with Crippen LogP contribution in [0.3, 0.4) is 0 Å². The lowest BCUT2D eigenvalue weighted by atomic mass is 10.1. The summed E-state index contributed by atoms with van der Waals surface area (Å²) >= 11 is 1.30. The van der Waals surface area contributed by atoms with Crippen molar-refractivity contribution in [3.63, 3.8) is 0 Å². The number of hydrogen-bond acceptors (Lipinski definition) is 4. The van der Waals surface area contributed by atoms with Gasteiger partial charge in [0.25, 0.3) is 5.91 Å². The van der Waals surface area contributed by atoms with Gasteiger partial charge in [0.1, 0.15) is 11.1 Å². The Morgan fingerprint density at radius 3 is 2.68 bits per heavy atom. The minimum absolute atomic E-state index is 0.165. The molecule has 0 radical (unpaired) electrons. The van der Waals surface area contributed by atoms with Crippen LogP contribution in [0.4, 0.5) is 23.9 Å². The first-order valence-corrected chi connectivity index (χ1v) is 9.73. The van der Waals surface area contributed by atoms with E-state index in [-0.39, 0.29) is 11.9 Å². The maximum absolute atomic E-state index is 12.9. The van der Waals surface area contributed by atoms with E-state index in [1.54, 1.807) is 17.5 Å². The number of carbonyl (C=O) groups excluding carboxylic acids is 1. The Labute approximate surface area is 165 Å². The van der Waals surface area contributed by atoms with E-state index in [1.165, 1.54) is 23.5 Å². The Balaban J connectivity index is 1.59. The predicted octanol–water partition coefficient (Wildman–Crippen LogP) is 2.37. The minimum Gasteiger partial charge on any atom is -0.360 e. The lowest BCUT2D eigenvalue weighted by molar-refractivity contribution is -0.914. The molecule has 28 heavy (non-hydrogen) atoms. The van der Waals surface area contributed by atoms with Gasteiger partial charge in [0.15, 0.2) is 6.04 Å². The molecule has 1 saturated heterocycles. The molecule has 1 amide bonds. The molecule has 0 unspecified atom stereocenters. The molecule has 0 spiro atoms. The smallest absolute Gasteiger partial charge is 0.360 e. The molecule has 0 aliphatic carbocycles. The van der Waals surface area contributed by atoms with Gasteiger partial charge >= 0.3 is 6.18 Å².